The van der Waals surface area contributed by atoms with E-state index in [4.69, 9.17) is 0 Å². The van der Waals surface area contributed by atoms with E-state index >= 15 is 0 Å². The third-order valence-corrected chi connectivity index (χ3v) is 4.15. The number of fused-ring (bicyclic) bond motifs is 1. The Kier molecular flexibility index (Phi) is 3.86. The first kappa shape index (κ1) is 10.5. The van der Waals surface area contributed by atoms with E-state index in [1.165, 1.54) is 57.8 Å². The monoisotopic (exact) mass is 195 g/mol. The van der Waals surface area contributed by atoms with E-state index in [0.29, 0.717) is 0 Å². The normalized spacial score (nSPS) is 37.1. The molecule has 1 nitrogen and oxygen atoms in total. The molecule has 0 radical (unpaired) electrons. The maximum atomic E-state index is 3.87. The summed E-state index contributed by atoms with van der Waals surface area (Å²) in [4.78, 5) is 0. The lowest BCUT2D eigenvalue weighted by Gasteiger charge is -2.33. The van der Waals surface area contributed by atoms with Crippen LogP contribution in [0.3, 0.4) is 0 Å². The molecular weight excluding hydrogens is 170 g/mol. The van der Waals surface area contributed by atoms with Gasteiger partial charge >= 0.3 is 0 Å². The smallest absolute Gasteiger partial charge is 0.00979 e. The molecule has 14 heavy (non-hydrogen) atoms. The lowest BCUT2D eigenvalue weighted by Crippen LogP contribution is -2.45. The van der Waals surface area contributed by atoms with Gasteiger partial charge in [-0.2, -0.15) is 0 Å². The zero-order chi connectivity index (χ0) is 9.80. The maximum Gasteiger partial charge on any atom is 0.00979 e. The molecule has 1 aliphatic carbocycles. The molecule has 0 aromatic carbocycles. The van der Waals surface area contributed by atoms with Crippen LogP contribution in [0, 0.1) is 5.92 Å². The Labute approximate surface area is 88.7 Å². The first-order valence-electron chi connectivity index (χ1n) is 6.66. The first-order chi connectivity index (χ1) is 6.90. The van der Waals surface area contributed by atoms with Crippen LogP contribution in [0.15, 0.2) is 0 Å². The molecule has 1 aliphatic heterocycles. The zero-order valence-corrected chi connectivity index (χ0v) is 9.60. The number of piperidine rings is 1. The van der Waals surface area contributed by atoms with Crippen molar-refractivity contribution in [3.8, 4) is 0 Å². The fourth-order valence-corrected chi connectivity index (χ4v) is 3.27. The van der Waals surface area contributed by atoms with E-state index in [0.717, 1.165) is 18.0 Å². The summed E-state index contributed by atoms with van der Waals surface area (Å²) >= 11 is 0. The Balaban J connectivity index is 1.69. The zero-order valence-electron chi connectivity index (χ0n) is 9.60. The highest BCUT2D eigenvalue weighted by atomic mass is 15.0. The van der Waals surface area contributed by atoms with Gasteiger partial charge in [-0.1, -0.05) is 32.6 Å². The summed E-state index contributed by atoms with van der Waals surface area (Å²) in [6.07, 6.45) is 13.0. The van der Waals surface area contributed by atoms with Crippen LogP contribution in [0.2, 0.25) is 0 Å². The SMILES string of the molecule is CCCCCC1CCC2CCCC2N1. The summed E-state index contributed by atoms with van der Waals surface area (Å²) in [6, 6.07) is 1.76. The van der Waals surface area contributed by atoms with E-state index in [1.54, 1.807) is 0 Å². The minimum Gasteiger partial charge on any atom is -0.311 e. The molecular formula is C13H25N. The van der Waals surface area contributed by atoms with Gasteiger partial charge in [0.05, 0.1) is 0 Å². The number of hydrogen-bond donors (Lipinski definition) is 1. The average Bonchev–Trinajstić information content (AvgIpc) is 2.65. The second-order valence-electron chi connectivity index (χ2n) is 5.23. The predicted octanol–water partition coefficient (Wildman–Crippen LogP) is 3.49. The maximum absolute atomic E-state index is 3.87. The molecule has 2 rings (SSSR count). The number of unbranched alkanes of at least 4 members (excludes halogenated alkanes) is 2. The third kappa shape index (κ3) is 2.50. The Morgan fingerprint density at radius 3 is 2.86 bits per heavy atom. The predicted molar refractivity (Wildman–Crippen MR) is 61.4 cm³/mol. The summed E-state index contributed by atoms with van der Waals surface area (Å²) in [5.74, 6) is 1.04. The lowest BCUT2D eigenvalue weighted by molar-refractivity contribution is 0.247. The van der Waals surface area contributed by atoms with E-state index in [2.05, 4.69) is 12.2 Å². The Bertz CT molecular complexity index is 167. The van der Waals surface area contributed by atoms with Gasteiger partial charge in [-0.15, -0.1) is 0 Å². The van der Waals surface area contributed by atoms with Crippen LogP contribution in [-0.4, -0.2) is 12.1 Å². The van der Waals surface area contributed by atoms with Crippen molar-refractivity contribution in [2.75, 3.05) is 0 Å². The van der Waals surface area contributed by atoms with Crippen molar-refractivity contribution in [1.82, 2.24) is 5.32 Å². The average molecular weight is 195 g/mol. The van der Waals surface area contributed by atoms with Gasteiger partial charge in [0, 0.05) is 12.1 Å². The number of hydrogen-bond acceptors (Lipinski definition) is 1. The minimum atomic E-state index is 0.862. The topological polar surface area (TPSA) is 12.0 Å². The van der Waals surface area contributed by atoms with E-state index in [-0.39, 0.29) is 0 Å². The Morgan fingerprint density at radius 2 is 2.00 bits per heavy atom. The quantitative estimate of drug-likeness (QED) is 0.677. The van der Waals surface area contributed by atoms with Crippen LogP contribution in [0.5, 0.6) is 0 Å². The van der Waals surface area contributed by atoms with E-state index < -0.39 is 0 Å². The van der Waals surface area contributed by atoms with Crippen LogP contribution >= 0.6 is 0 Å². The molecule has 1 saturated heterocycles. The minimum absolute atomic E-state index is 0.862. The Morgan fingerprint density at radius 1 is 1.07 bits per heavy atom. The summed E-state index contributed by atoms with van der Waals surface area (Å²) in [5.41, 5.74) is 0. The van der Waals surface area contributed by atoms with Gasteiger partial charge in [-0.05, 0) is 38.0 Å². The lowest BCUT2D eigenvalue weighted by atomic mass is 9.88. The van der Waals surface area contributed by atoms with E-state index in [9.17, 15) is 0 Å². The van der Waals surface area contributed by atoms with Gasteiger partial charge in [0.25, 0.3) is 0 Å². The molecule has 3 atom stereocenters. The molecule has 1 N–H and O–H groups in total. The molecule has 0 spiro atoms. The van der Waals surface area contributed by atoms with Crippen molar-refractivity contribution in [3.05, 3.63) is 0 Å². The highest BCUT2D eigenvalue weighted by Crippen LogP contribution is 2.34. The molecule has 82 valence electrons. The van der Waals surface area contributed by atoms with Gasteiger partial charge in [0.1, 0.15) is 0 Å². The van der Waals surface area contributed by atoms with Crippen LogP contribution in [-0.2, 0) is 0 Å². The van der Waals surface area contributed by atoms with E-state index in [1.807, 2.05) is 0 Å². The molecule has 0 aromatic heterocycles. The highest BCUT2D eigenvalue weighted by Gasteiger charge is 2.32. The molecule has 3 unspecified atom stereocenters. The number of nitrogens with one attached hydrogen (secondary N) is 1. The molecule has 1 heterocycles. The summed E-state index contributed by atoms with van der Waals surface area (Å²) in [6.45, 7) is 2.29. The van der Waals surface area contributed by atoms with Gasteiger partial charge in [0.15, 0.2) is 0 Å². The largest absolute Gasteiger partial charge is 0.311 e. The molecule has 0 aromatic rings. The second kappa shape index (κ2) is 5.16. The van der Waals surface area contributed by atoms with Crippen molar-refractivity contribution in [2.24, 2.45) is 5.92 Å². The van der Waals surface area contributed by atoms with Crippen LogP contribution in [0.25, 0.3) is 0 Å². The second-order valence-corrected chi connectivity index (χ2v) is 5.23. The summed E-state index contributed by atoms with van der Waals surface area (Å²) in [7, 11) is 0. The van der Waals surface area contributed by atoms with Gasteiger partial charge < -0.3 is 5.32 Å². The van der Waals surface area contributed by atoms with Crippen LogP contribution in [0.4, 0.5) is 0 Å². The van der Waals surface area contributed by atoms with Gasteiger partial charge in [-0.25, -0.2) is 0 Å². The molecule has 0 bridgehead atoms. The third-order valence-electron chi connectivity index (χ3n) is 4.15. The van der Waals surface area contributed by atoms with Gasteiger partial charge in [-0.3, -0.25) is 0 Å². The molecule has 1 heteroatoms. The van der Waals surface area contributed by atoms with Crippen molar-refractivity contribution in [2.45, 2.75) is 76.8 Å². The molecule has 2 aliphatic rings. The molecule has 2 fully saturated rings. The van der Waals surface area contributed by atoms with Crippen molar-refractivity contribution >= 4 is 0 Å². The van der Waals surface area contributed by atoms with Crippen molar-refractivity contribution in [3.63, 3.8) is 0 Å². The summed E-state index contributed by atoms with van der Waals surface area (Å²) < 4.78 is 0. The Hall–Kier alpha value is -0.0400. The molecule has 0 amide bonds. The van der Waals surface area contributed by atoms with Gasteiger partial charge in [0.2, 0.25) is 0 Å². The van der Waals surface area contributed by atoms with Crippen molar-refractivity contribution in [1.29, 1.82) is 0 Å². The molecule has 1 saturated carbocycles. The first-order valence-corrected chi connectivity index (χ1v) is 6.66. The van der Waals surface area contributed by atoms with Crippen LogP contribution in [0.1, 0.15) is 64.7 Å². The van der Waals surface area contributed by atoms with Crippen LogP contribution < -0.4 is 5.32 Å². The fourth-order valence-electron chi connectivity index (χ4n) is 3.27. The summed E-state index contributed by atoms with van der Waals surface area (Å²) in [5, 5.41) is 3.87. The standard InChI is InChI=1S/C13H25N/c1-2-3-4-7-12-10-9-11-6-5-8-13(11)14-12/h11-14H,2-10H2,1H3. The van der Waals surface area contributed by atoms with Crippen molar-refractivity contribution < 1.29 is 0 Å². The highest BCUT2D eigenvalue weighted by molar-refractivity contribution is 4.90. The fraction of sp³-hybridized carbons (Fsp3) is 1.00. The number of rotatable bonds is 4.